The van der Waals surface area contributed by atoms with E-state index in [4.69, 9.17) is 26.1 Å². The molecule has 0 unspecified atom stereocenters. The fourth-order valence-electron chi connectivity index (χ4n) is 4.34. The molecule has 39 heavy (non-hydrogen) atoms. The number of benzene rings is 4. The number of nitrogens with one attached hydrogen (secondary N) is 2. The molecule has 4 aromatic carbocycles. The van der Waals surface area contributed by atoms with E-state index in [-0.39, 0.29) is 5.11 Å². The topological polar surface area (TPSA) is 85.6 Å². The van der Waals surface area contributed by atoms with Gasteiger partial charge in [-0.3, -0.25) is 10.1 Å². The van der Waals surface area contributed by atoms with Crippen molar-refractivity contribution < 1.29 is 18.7 Å². The van der Waals surface area contributed by atoms with Gasteiger partial charge in [0.25, 0.3) is 5.91 Å². The first-order valence-electron chi connectivity index (χ1n) is 12.3. The third kappa shape index (κ3) is 5.32. The van der Waals surface area contributed by atoms with Crippen molar-refractivity contribution in [2.24, 2.45) is 0 Å². The van der Waals surface area contributed by atoms with E-state index in [0.29, 0.717) is 44.6 Å². The molecule has 198 valence electrons. The number of oxazole rings is 1. The van der Waals surface area contributed by atoms with E-state index < -0.39 is 5.91 Å². The summed E-state index contributed by atoms with van der Waals surface area (Å²) < 4.78 is 17.8. The lowest BCUT2D eigenvalue weighted by molar-refractivity contribution is 0.0975. The van der Waals surface area contributed by atoms with Crippen LogP contribution in [0.25, 0.3) is 33.3 Å². The Morgan fingerprint density at radius 3 is 2.56 bits per heavy atom. The first-order valence-corrected chi connectivity index (χ1v) is 13.5. The highest BCUT2D eigenvalue weighted by molar-refractivity contribution is 9.10. The quantitative estimate of drug-likeness (QED) is 0.192. The molecule has 0 aliphatic heterocycles. The number of ether oxygens (including phenoxy) is 2. The summed E-state index contributed by atoms with van der Waals surface area (Å²) in [4.78, 5) is 17.9. The number of aromatic nitrogens is 1. The van der Waals surface area contributed by atoms with E-state index in [1.54, 1.807) is 19.2 Å². The molecule has 1 heterocycles. The molecule has 0 aliphatic carbocycles. The fourth-order valence-corrected chi connectivity index (χ4v) is 5.28. The molecular formula is C30H26BrN3O4S. The predicted molar refractivity (Wildman–Crippen MR) is 162 cm³/mol. The number of carbonyl (C=O) groups is 1. The van der Waals surface area contributed by atoms with Crippen molar-refractivity contribution in [1.82, 2.24) is 10.3 Å². The lowest BCUT2D eigenvalue weighted by Crippen LogP contribution is -2.34. The summed E-state index contributed by atoms with van der Waals surface area (Å²) in [6.45, 7) is 4.28. The summed E-state index contributed by atoms with van der Waals surface area (Å²) >= 11 is 9.06. The molecule has 0 saturated carbocycles. The van der Waals surface area contributed by atoms with E-state index in [9.17, 15) is 4.79 Å². The molecular weight excluding hydrogens is 578 g/mol. The molecule has 0 fully saturated rings. The van der Waals surface area contributed by atoms with E-state index in [2.05, 4.69) is 45.4 Å². The number of nitrogens with zero attached hydrogens (tertiary/aromatic N) is 1. The van der Waals surface area contributed by atoms with Crippen molar-refractivity contribution >= 4 is 66.7 Å². The molecule has 9 heteroatoms. The maximum atomic E-state index is 13.2. The standard InChI is InChI=1S/C30H26BrN3O4S/c1-16(2)17-9-12-25-23(14-17)32-29(38-25)19-10-11-24(36-3)22(15-19)33-30(39)34-28(35)21-13-18-7-5-6-8-20(18)26(31)27(21)37-4/h5-16H,1-4H3,(H2,33,34,35,39). The van der Waals surface area contributed by atoms with Crippen LogP contribution >= 0.6 is 28.1 Å². The second-order valence-electron chi connectivity index (χ2n) is 9.22. The molecule has 0 atom stereocenters. The van der Waals surface area contributed by atoms with Gasteiger partial charge in [-0.05, 0) is 86.8 Å². The molecule has 1 amide bonds. The summed E-state index contributed by atoms with van der Waals surface area (Å²) in [7, 11) is 3.08. The van der Waals surface area contributed by atoms with Crippen LogP contribution in [-0.2, 0) is 0 Å². The minimum atomic E-state index is -0.411. The van der Waals surface area contributed by atoms with Crippen LogP contribution < -0.4 is 20.1 Å². The van der Waals surface area contributed by atoms with Gasteiger partial charge in [-0.25, -0.2) is 4.98 Å². The normalized spacial score (nSPS) is 11.1. The van der Waals surface area contributed by atoms with Crippen LogP contribution in [0.1, 0.15) is 35.7 Å². The zero-order valence-corrected chi connectivity index (χ0v) is 24.2. The number of halogens is 1. The Balaban J connectivity index is 1.40. The third-order valence-electron chi connectivity index (χ3n) is 6.39. The largest absolute Gasteiger partial charge is 0.495 e. The molecule has 5 rings (SSSR count). The van der Waals surface area contributed by atoms with Gasteiger partial charge in [0, 0.05) is 5.56 Å². The van der Waals surface area contributed by atoms with Gasteiger partial charge in [0.05, 0.1) is 29.9 Å². The average molecular weight is 605 g/mol. The summed E-state index contributed by atoms with van der Waals surface area (Å²) in [5.41, 5.74) is 4.32. The Bertz CT molecular complexity index is 1730. The van der Waals surface area contributed by atoms with E-state index in [0.717, 1.165) is 21.9 Å². The minimum Gasteiger partial charge on any atom is -0.495 e. The average Bonchev–Trinajstić information content (AvgIpc) is 3.36. The van der Waals surface area contributed by atoms with Gasteiger partial charge >= 0.3 is 0 Å². The number of amides is 1. The zero-order valence-electron chi connectivity index (χ0n) is 21.8. The number of carbonyl (C=O) groups excluding carboxylic acids is 1. The van der Waals surface area contributed by atoms with E-state index in [1.165, 1.54) is 12.7 Å². The van der Waals surface area contributed by atoms with Crippen LogP contribution in [-0.4, -0.2) is 30.2 Å². The Hall–Kier alpha value is -3.95. The second kappa shape index (κ2) is 11.0. The lowest BCUT2D eigenvalue weighted by Gasteiger charge is -2.16. The lowest BCUT2D eigenvalue weighted by atomic mass is 10.0. The molecule has 7 nitrogen and oxygen atoms in total. The van der Waals surface area contributed by atoms with Gasteiger partial charge in [-0.2, -0.15) is 0 Å². The SMILES string of the molecule is COc1ccc(-c2nc3cc(C(C)C)ccc3o2)cc1NC(=S)NC(=O)c1cc2ccccc2c(Br)c1OC. The first-order chi connectivity index (χ1) is 18.8. The number of thiocarbonyl (C=S) groups is 1. The molecule has 0 aliphatic rings. The van der Waals surface area contributed by atoms with Gasteiger partial charge in [-0.1, -0.05) is 44.2 Å². The van der Waals surface area contributed by atoms with Crippen molar-refractivity contribution in [3.05, 3.63) is 82.3 Å². The highest BCUT2D eigenvalue weighted by Gasteiger charge is 2.20. The van der Waals surface area contributed by atoms with Crippen LogP contribution in [0.2, 0.25) is 0 Å². The summed E-state index contributed by atoms with van der Waals surface area (Å²) in [5, 5.41) is 7.74. The first kappa shape index (κ1) is 26.6. The van der Waals surface area contributed by atoms with Gasteiger partial charge < -0.3 is 19.2 Å². The Morgan fingerprint density at radius 2 is 1.82 bits per heavy atom. The molecule has 0 radical (unpaired) electrons. The number of rotatable bonds is 6. The molecule has 0 saturated heterocycles. The number of hydrogen-bond donors (Lipinski definition) is 2. The van der Waals surface area contributed by atoms with E-state index >= 15 is 0 Å². The summed E-state index contributed by atoms with van der Waals surface area (Å²) in [5.74, 6) is 1.41. The Morgan fingerprint density at radius 1 is 1.03 bits per heavy atom. The van der Waals surface area contributed by atoms with Gasteiger partial charge in [0.2, 0.25) is 5.89 Å². The fraction of sp³-hybridized carbons (Fsp3) is 0.167. The maximum absolute atomic E-state index is 13.2. The van der Waals surface area contributed by atoms with Crippen LogP contribution in [0.3, 0.4) is 0 Å². The van der Waals surface area contributed by atoms with Crippen LogP contribution in [0.15, 0.2) is 75.6 Å². The van der Waals surface area contributed by atoms with Gasteiger partial charge in [0.1, 0.15) is 17.0 Å². The smallest absolute Gasteiger partial charge is 0.261 e. The maximum Gasteiger partial charge on any atom is 0.261 e. The van der Waals surface area contributed by atoms with E-state index in [1.807, 2.05) is 54.6 Å². The van der Waals surface area contributed by atoms with Crippen LogP contribution in [0.4, 0.5) is 5.69 Å². The second-order valence-corrected chi connectivity index (χ2v) is 10.4. The summed E-state index contributed by atoms with van der Waals surface area (Å²) in [6.07, 6.45) is 0. The number of methoxy groups -OCH3 is 2. The van der Waals surface area contributed by atoms with Crippen molar-refractivity contribution in [1.29, 1.82) is 0 Å². The van der Waals surface area contributed by atoms with Gasteiger partial charge in [0.15, 0.2) is 10.7 Å². The zero-order chi connectivity index (χ0) is 27.7. The minimum absolute atomic E-state index is 0.0981. The monoisotopic (exact) mass is 603 g/mol. The van der Waals surface area contributed by atoms with Crippen LogP contribution in [0.5, 0.6) is 11.5 Å². The molecule has 0 bridgehead atoms. The van der Waals surface area contributed by atoms with Crippen molar-refractivity contribution in [2.45, 2.75) is 19.8 Å². The molecule has 0 spiro atoms. The Labute approximate surface area is 239 Å². The number of fused-ring (bicyclic) bond motifs is 2. The highest BCUT2D eigenvalue weighted by Crippen LogP contribution is 2.37. The third-order valence-corrected chi connectivity index (χ3v) is 7.38. The number of anilines is 1. The predicted octanol–water partition coefficient (Wildman–Crippen LogP) is 7.68. The molecule has 2 N–H and O–H groups in total. The summed E-state index contributed by atoms with van der Waals surface area (Å²) in [6, 6.07) is 21.0. The molecule has 1 aromatic heterocycles. The van der Waals surface area contributed by atoms with Gasteiger partial charge in [-0.15, -0.1) is 0 Å². The van der Waals surface area contributed by atoms with Crippen LogP contribution in [0, 0.1) is 0 Å². The number of hydrogen-bond acceptors (Lipinski definition) is 6. The highest BCUT2D eigenvalue weighted by atomic mass is 79.9. The van der Waals surface area contributed by atoms with Crippen molar-refractivity contribution in [3.8, 4) is 23.0 Å². The van der Waals surface area contributed by atoms with Crippen molar-refractivity contribution in [3.63, 3.8) is 0 Å². The van der Waals surface area contributed by atoms with Crippen molar-refractivity contribution in [2.75, 3.05) is 19.5 Å². The molecule has 5 aromatic rings. The Kier molecular flexibility index (Phi) is 7.54.